The Labute approximate surface area is 126 Å². The number of hydrogen-bond donors (Lipinski definition) is 2. The molecule has 1 amide bonds. The number of primary amides is 1. The number of benzene rings is 1. The normalized spacial score (nSPS) is 23.0. The smallest absolute Gasteiger partial charge is 0.255 e. The zero-order valence-corrected chi connectivity index (χ0v) is 12.8. The van der Waals surface area contributed by atoms with Gasteiger partial charge in [0.25, 0.3) is 5.91 Å². The Morgan fingerprint density at radius 1 is 1.29 bits per heavy atom. The minimum Gasteiger partial charge on any atom is -0.484 e. The summed E-state index contributed by atoms with van der Waals surface area (Å²) in [6.07, 6.45) is 3.81. The van der Waals surface area contributed by atoms with Crippen molar-refractivity contribution >= 4 is 5.91 Å². The van der Waals surface area contributed by atoms with E-state index in [1.165, 1.54) is 24.8 Å². The number of nitrogens with zero attached hydrogens (tertiary/aromatic N) is 1. The number of carbonyl (C=O) groups excluding carboxylic acids is 1. The molecule has 2 rings (SSSR count). The summed E-state index contributed by atoms with van der Waals surface area (Å²) in [5, 5.41) is 2.36. The first-order valence-electron chi connectivity index (χ1n) is 7.58. The Hall–Kier alpha value is -1.59. The van der Waals surface area contributed by atoms with Crippen LogP contribution in [0.4, 0.5) is 0 Å². The van der Waals surface area contributed by atoms with Crippen LogP contribution in [0, 0.1) is 0 Å². The third-order valence-corrected chi connectivity index (χ3v) is 3.96. The average molecular weight is 291 g/mol. The zero-order valence-electron chi connectivity index (χ0n) is 12.8. The van der Waals surface area contributed by atoms with Crippen molar-refractivity contribution in [2.75, 3.05) is 6.61 Å². The summed E-state index contributed by atoms with van der Waals surface area (Å²) < 4.78 is 5.25. The Morgan fingerprint density at radius 3 is 2.48 bits per heavy atom. The lowest BCUT2D eigenvalue weighted by Gasteiger charge is -2.39. The molecule has 1 aliphatic rings. The third kappa shape index (κ3) is 4.72. The lowest BCUT2D eigenvalue weighted by atomic mass is 10.00. The first-order chi connectivity index (χ1) is 10.1. The molecule has 0 aromatic heterocycles. The van der Waals surface area contributed by atoms with Crippen LogP contribution in [0.2, 0.25) is 0 Å². The van der Waals surface area contributed by atoms with Gasteiger partial charge in [-0.25, -0.2) is 5.01 Å². The fourth-order valence-electron chi connectivity index (χ4n) is 2.77. The van der Waals surface area contributed by atoms with Crippen LogP contribution in [0.3, 0.4) is 0 Å². The summed E-state index contributed by atoms with van der Waals surface area (Å²) in [7, 11) is 0. The van der Waals surface area contributed by atoms with E-state index in [1.54, 1.807) is 0 Å². The molecule has 2 unspecified atom stereocenters. The minimum atomic E-state index is -0.464. The van der Waals surface area contributed by atoms with E-state index in [4.69, 9.17) is 10.5 Å². The SMILES string of the molecule is CC1CCCC(C)N1NCc1ccc(OCC(N)=O)cc1. The molecule has 5 nitrogen and oxygen atoms in total. The van der Waals surface area contributed by atoms with Crippen LogP contribution in [-0.4, -0.2) is 29.6 Å². The number of nitrogens with two attached hydrogens (primary N) is 1. The summed E-state index contributed by atoms with van der Waals surface area (Å²) in [6, 6.07) is 8.89. The van der Waals surface area contributed by atoms with E-state index >= 15 is 0 Å². The number of piperidine rings is 1. The molecule has 1 heterocycles. The van der Waals surface area contributed by atoms with Gasteiger partial charge in [-0.1, -0.05) is 18.6 Å². The molecule has 116 valence electrons. The van der Waals surface area contributed by atoms with Crippen molar-refractivity contribution in [2.45, 2.75) is 51.7 Å². The molecule has 0 aliphatic carbocycles. The monoisotopic (exact) mass is 291 g/mol. The van der Waals surface area contributed by atoms with Crippen molar-refractivity contribution in [3.05, 3.63) is 29.8 Å². The third-order valence-electron chi connectivity index (χ3n) is 3.96. The zero-order chi connectivity index (χ0) is 15.2. The van der Waals surface area contributed by atoms with Crippen LogP contribution in [0.5, 0.6) is 5.75 Å². The van der Waals surface area contributed by atoms with Crippen LogP contribution >= 0.6 is 0 Å². The topological polar surface area (TPSA) is 67.6 Å². The molecule has 0 saturated carbocycles. The average Bonchev–Trinajstić information content (AvgIpc) is 2.46. The molecule has 5 heteroatoms. The number of carbonyl (C=O) groups is 1. The van der Waals surface area contributed by atoms with E-state index in [2.05, 4.69) is 24.3 Å². The van der Waals surface area contributed by atoms with Gasteiger partial charge in [0.1, 0.15) is 5.75 Å². The van der Waals surface area contributed by atoms with Gasteiger partial charge in [-0.2, -0.15) is 0 Å². The molecule has 0 spiro atoms. The minimum absolute atomic E-state index is 0.0829. The van der Waals surface area contributed by atoms with Gasteiger partial charge in [0.15, 0.2) is 6.61 Å². The van der Waals surface area contributed by atoms with E-state index in [-0.39, 0.29) is 6.61 Å². The maximum absolute atomic E-state index is 10.7. The van der Waals surface area contributed by atoms with Gasteiger partial charge in [0, 0.05) is 18.6 Å². The number of hydrazine groups is 1. The van der Waals surface area contributed by atoms with Gasteiger partial charge in [-0.15, -0.1) is 0 Å². The predicted octanol–water partition coefficient (Wildman–Crippen LogP) is 1.82. The van der Waals surface area contributed by atoms with Crippen LogP contribution in [0.1, 0.15) is 38.7 Å². The molecule has 2 atom stereocenters. The molecular formula is C16H25N3O2. The highest BCUT2D eigenvalue weighted by molar-refractivity contribution is 5.75. The summed E-state index contributed by atoms with van der Waals surface area (Å²) >= 11 is 0. The van der Waals surface area contributed by atoms with Gasteiger partial charge in [0.05, 0.1) is 0 Å². The maximum atomic E-state index is 10.7. The summed E-state index contributed by atoms with van der Waals surface area (Å²) in [5.41, 5.74) is 9.76. The Balaban J connectivity index is 1.84. The standard InChI is InChI=1S/C16H25N3O2/c1-12-4-3-5-13(2)19(12)18-10-14-6-8-15(9-7-14)21-11-16(17)20/h6-9,12-13,18H,3-5,10-11H2,1-2H3,(H2,17,20). The molecule has 21 heavy (non-hydrogen) atoms. The van der Waals surface area contributed by atoms with Gasteiger partial charge >= 0.3 is 0 Å². The molecule has 1 aliphatic heterocycles. The number of rotatable bonds is 6. The van der Waals surface area contributed by atoms with Crippen molar-refractivity contribution in [3.8, 4) is 5.75 Å². The quantitative estimate of drug-likeness (QED) is 0.839. The fraction of sp³-hybridized carbons (Fsp3) is 0.562. The molecular weight excluding hydrogens is 266 g/mol. The van der Waals surface area contributed by atoms with Crippen molar-refractivity contribution in [3.63, 3.8) is 0 Å². The highest BCUT2D eigenvalue weighted by Crippen LogP contribution is 2.20. The van der Waals surface area contributed by atoms with Crippen molar-refractivity contribution < 1.29 is 9.53 Å². The molecule has 1 aromatic rings. The summed E-state index contributed by atoms with van der Waals surface area (Å²) in [4.78, 5) is 10.7. The molecule has 0 bridgehead atoms. The first-order valence-corrected chi connectivity index (χ1v) is 7.58. The maximum Gasteiger partial charge on any atom is 0.255 e. The Morgan fingerprint density at radius 2 is 1.90 bits per heavy atom. The first kappa shape index (κ1) is 15.8. The highest BCUT2D eigenvalue weighted by Gasteiger charge is 2.23. The van der Waals surface area contributed by atoms with Crippen molar-refractivity contribution in [1.82, 2.24) is 10.4 Å². The lowest BCUT2D eigenvalue weighted by Crippen LogP contribution is -2.51. The van der Waals surface area contributed by atoms with Crippen molar-refractivity contribution in [1.29, 1.82) is 0 Å². The van der Waals surface area contributed by atoms with E-state index in [0.717, 1.165) is 6.54 Å². The summed E-state index contributed by atoms with van der Waals surface area (Å²) in [6.45, 7) is 5.25. The largest absolute Gasteiger partial charge is 0.484 e. The predicted molar refractivity (Wildman–Crippen MR) is 82.6 cm³/mol. The molecule has 0 radical (unpaired) electrons. The number of nitrogens with one attached hydrogen (secondary N) is 1. The molecule has 1 saturated heterocycles. The number of amides is 1. The second kappa shape index (κ2) is 7.43. The Bertz CT molecular complexity index is 451. The van der Waals surface area contributed by atoms with Gasteiger partial charge in [-0.05, 0) is 44.4 Å². The highest BCUT2D eigenvalue weighted by atomic mass is 16.5. The van der Waals surface area contributed by atoms with E-state index in [1.807, 2.05) is 24.3 Å². The number of hydrogen-bond acceptors (Lipinski definition) is 4. The lowest BCUT2D eigenvalue weighted by molar-refractivity contribution is -0.119. The van der Waals surface area contributed by atoms with Crippen LogP contribution in [-0.2, 0) is 11.3 Å². The van der Waals surface area contributed by atoms with Gasteiger partial charge in [0.2, 0.25) is 0 Å². The number of ether oxygens (including phenoxy) is 1. The van der Waals surface area contributed by atoms with E-state index in [0.29, 0.717) is 17.8 Å². The second-order valence-electron chi connectivity index (χ2n) is 5.77. The van der Waals surface area contributed by atoms with Crippen molar-refractivity contribution in [2.24, 2.45) is 5.73 Å². The van der Waals surface area contributed by atoms with Crippen LogP contribution in [0.25, 0.3) is 0 Å². The molecule has 3 N–H and O–H groups in total. The van der Waals surface area contributed by atoms with Crippen LogP contribution in [0.15, 0.2) is 24.3 Å². The Kier molecular flexibility index (Phi) is 5.59. The molecule has 1 fully saturated rings. The fourth-order valence-corrected chi connectivity index (χ4v) is 2.77. The second-order valence-corrected chi connectivity index (χ2v) is 5.77. The molecule has 1 aromatic carbocycles. The van der Waals surface area contributed by atoms with Gasteiger partial charge < -0.3 is 10.5 Å². The van der Waals surface area contributed by atoms with Gasteiger partial charge in [-0.3, -0.25) is 10.2 Å². The summed E-state index contributed by atoms with van der Waals surface area (Å²) in [5.74, 6) is 0.200. The van der Waals surface area contributed by atoms with Crippen LogP contribution < -0.4 is 15.9 Å². The van der Waals surface area contributed by atoms with E-state index in [9.17, 15) is 4.79 Å². The van der Waals surface area contributed by atoms with E-state index < -0.39 is 5.91 Å².